The fourth-order valence-corrected chi connectivity index (χ4v) is 2.04. The van der Waals surface area contributed by atoms with Crippen LogP contribution in [0.1, 0.15) is 12.5 Å². The van der Waals surface area contributed by atoms with Crippen LogP contribution in [0, 0.1) is 0 Å². The van der Waals surface area contributed by atoms with Crippen LogP contribution in [0.15, 0.2) is 18.3 Å². The fraction of sp³-hybridized carbons (Fsp3) is 0.273. The van der Waals surface area contributed by atoms with Gasteiger partial charge in [-0.2, -0.15) is 0 Å². The van der Waals surface area contributed by atoms with Gasteiger partial charge in [0.15, 0.2) is 5.75 Å². The molecule has 1 N–H and O–H groups in total. The highest BCUT2D eigenvalue weighted by Crippen LogP contribution is 2.34. The zero-order valence-corrected chi connectivity index (χ0v) is 8.98. The topological polar surface area (TPSA) is 25.0 Å². The summed E-state index contributed by atoms with van der Waals surface area (Å²) >= 11 is 6.10. The van der Waals surface area contributed by atoms with Crippen LogP contribution in [0.2, 0.25) is 5.02 Å². The Kier molecular flexibility index (Phi) is 2.38. The van der Waals surface area contributed by atoms with Crippen LogP contribution in [0.3, 0.4) is 0 Å². The van der Waals surface area contributed by atoms with E-state index in [1.54, 1.807) is 7.11 Å². The van der Waals surface area contributed by atoms with E-state index in [2.05, 4.69) is 11.9 Å². The number of aryl methyl sites for hydroxylation is 1. The lowest BCUT2D eigenvalue weighted by atomic mass is 10.1. The molecular weight excluding hydrogens is 198 g/mol. The van der Waals surface area contributed by atoms with Crippen molar-refractivity contribution in [3.8, 4) is 5.75 Å². The van der Waals surface area contributed by atoms with Crippen LogP contribution >= 0.6 is 11.6 Å². The molecule has 14 heavy (non-hydrogen) atoms. The summed E-state index contributed by atoms with van der Waals surface area (Å²) < 4.78 is 5.25. The van der Waals surface area contributed by atoms with E-state index in [1.807, 2.05) is 18.3 Å². The van der Waals surface area contributed by atoms with Gasteiger partial charge in [0.2, 0.25) is 0 Å². The number of halogens is 1. The quantitative estimate of drug-likeness (QED) is 0.806. The number of hydrogen-bond acceptors (Lipinski definition) is 1. The molecule has 0 atom stereocenters. The normalized spacial score (nSPS) is 10.8. The summed E-state index contributed by atoms with van der Waals surface area (Å²) in [5.74, 6) is 0.726. The van der Waals surface area contributed by atoms with Crippen LogP contribution in [0.5, 0.6) is 5.75 Å². The van der Waals surface area contributed by atoms with Crippen molar-refractivity contribution >= 4 is 22.5 Å². The molecule has 0 aliphatic heterocycles. The molecule has 2 aromatic rings. The van der Waals surface area contributed by atoms with Gasteiger partial charge < -0.3 is 9.72 Å². The second-order valence-corrected chi connectivity index (χ2v) is 3.58. The summed E-state index contributed by atoms with van der Waals surface area (Å²) in [6, 6.07) is 4.02. The molecule has 1 aromatic heterocycles. The zero-order valence-electron chi connectivity index (χ0n) is 8.23. The van der Waals surface area contributed by atoms with Gasteiger partial charge in [-0.3, -0.25) is 0 Å². The molecular formula is C11H12ClNO. The minimum Gasteiger partial charge on any atom is -0.493 e. The van der Waals surface area contributed by atoms with Gasteiger partial charge in [-0.15, -0.1) is 0 Å². The van der Waals surface area contributed by atoms with Crippen molar-refractivity contribution in [3.05, 3.63) is 28.9 Å². The molecule has 3 heteroatoms. The molecule has 1 aromatic carbocycles. The van der Waals surface area contributed by atoms with Crippen LogP contribution in [0.25, 0.3) is 10.9 Å². The Morgan fingerprint density at radius 2 is 2.29 bits per heavy atom. The van der Waals surface area contributed by atoms with Crippen molar-refractivity contribution in [2.45, 2.75) is 13.3 Å². The van der Waals surface area contributed by atoms with Gasteiger partial charge in [-0.1, -0.05) is 18.5 Å². The third-order valence-electron chi connectivity index (χ3n) is 2.42. The molecule has 0 unspecified atom stereocenters. The number of ether oxygens (including phenoxy) is 1. The summed E-state index contributed by atoms with van der Waals surface area (Å²) in [5, 5.41) is 1.85. The number of nitrogens with one attached hydrogen (secondary N) is 1. The lowest BCUT2D eigenvalue weighted by molar-refractivity contribution is 0.419. The van der Waals surface area contributed by atoms with E-state index in [9.17, 15) is 0 Å². The molecule has 0 amide bonds. The SMILES string of the molecule is CCc1cc(Cl)c(OC)c2[nH]ccc12. The van der Waals surface area contributed by atoms with E-state index in [0.29, 0.717) is 5.02 Å². The van der Waals surface area contributed by atoms with Gasteiger partial charge in [0.1, 0.15) is 0 Å². The van der Waals surface area contributed by atoms with Crippen molar-refractivity contribution in [1.29, 1.82) is 0 Å². The fourth-order valence-electron chi connectivity index (χ4n) is 1.73. The van der Waals surface area contributed by atoms with Crippen LogP contribution in [0.4, 0.5) is 0 Å². The standard InChI is InChI=1S/C11H12ClNO/c1-3-7-6-9(12)11(14-2)10-8(7)4-5-13-10/h4-6,13H,3H2,1-2H3. The molecule has 74 valence electrons. The number of aromatic nitrogens is 1. The monoisotopic (exact) mass is 209 g/mol. The number of fused-ring (bicyclic) bond motifs is 1. The molecule has 0 bridgehead atoms. The van der Waals surface area contributed by atoms with E-state index in [4.69, 9.17) is 16.3 Å². The lowest BCUT2D eigenvalue weighted by Crippen LogP contribution is -1.89. The number of hydrogen-bond donors (Lipinski definition) is 1. The number of methoxy groups -OCH3 is 1. The number of rotatable bonds is 2. The van der Waals surface area contributed by atoms with Gasteiger partial charge in [0.25, 0.3) is 0 Å². The van der Waals surface area contributed by atoms with Gasteiger partial charge in [0, 0.05) is 11.6 Å². The molecule has 1 heterocycles. The first-order valence-electron chi connectivity index (χ1n) is 4.60. The Labute approximate surface area is 87.8 Å². The van der Waals surface area contributed by atoms with E-state index >= 15 is 0 Å². The van der Waals surface area contributed by atoms with Crippen molar-refractivity contribution in [1.82, 2.24) is 4.98 Å². The van der Waals surface area contributed by atoms with Crippen molar-refractivity contribution in [2.75, 3.05) is 7.11 Å². The van der Waals surface area contributed by atoms with Gasteiger partial charge in [-0.25, -0.2) is 0 Å². The van der Waals surface area contributed by atoms with Crippen molar-refractivity contribution in [3.63, 3.8) is 0 Å². The van der Waals surface area contributed by atoms with Gasteiger partial charge >= 0.3 is 0 Å². The first-order valence-corrected chi connectivity index (χ1v) is 4.98. The van der Waals surface area contributed by atoms with Crippen molar-refractivity contribution in [2.24, 2.45) is 0 Å². The maximum Gasteiger partial charge on any atom is 0.161 e. The third kappa shape index (κ3) is 1.26. The predicted octanol–water partition coefficient (Wildman–Crippen LogP) is 3.39. The van der Waals surface area contributed by atoms with Crippen LogP contribution in [-0.2, 0) is 6.42 Å². The Morgan fingerprint density at radius 3 is 2.93 bits per heavy atom. The highest BCUT2D eigenvalue weighted by atomic mass is 35.5. The minimum absolute atomic E-state index is 0.666. The van der Waals surface area contributed by atoms with E-state index in [-0.39, 0.29) is 0 Å². The summed E-state index contributed by atoms with van der Waals surface area (Å²) in [4.78, 5) is 3.15. The molecule has 0 aliphatic rings. The van der Waals surface area contributed by atoms with Crippen LogP contribution < -0.4 is 4.74 Å². The van der Waals surface area contributed by atoms with Crippen LogP contribution in [-0.4, -0.2) is 12.1 Å². The second kappa shape index (κ2) is 3.54. The largest absolute Gasteiger partial charge is 0.493 e. The highest BCUT2D eigenvalue weighted by molar-refractivity contribution is 6.33. The highest BCUT2D eigenvalue weighted by Gasteiger charge is 2.10. The average molecular weight is 210 g/mol. The Hall–Kier alpha value is -1.15. The summed E-state index contributed by atoms with van der Waals surface area (Å²) in [7, 11) is 1.63. The smallest absolute Gasteiger partial charge is 0.161 e. The minimum atomic E-state index is 0.666. The molecule has 0 saturated heterocycles. The molecule has 2 nitrogen and oxygen atoms in total. The zero-order chi connectivity index (χ0) is 10.1. The first-order chi connectivity index (χ1) is 6.77. The van der Waals surface area contributed by atoms with E-state index in [0.717, 1.165) is 17.7 Å². The maximum absolute atomic E-state index is 6.10. The molecule has 0 aliphatic carbocycles. The molecule has 0 radical (unpaired) electrons. The number of aromatic amines is 1. The first kappa shape index (κ1) is 9.41. The van der Waals surface area contributed by atoms with E-state index in [1.165, 1.54) is 10.9 Å². The summed E-state index contributed by atoms with van der Waals surface area (Å²) in [6.07, 6.45) is 2.88. The van der Waals surface area contributed by atoms with Crippen molar-refractivity contribution < 1.29 is 4.74 Å². The Morgan fingerprint density at radius 1 is 1.50 bits per heavy atom. The summed E-state index contributed by atoms with van der Waals surface area (Å²) in [5.41, 5.74) is 2.23. The van der Waals surface area contributed by atoms with E-state index < -0.39 is 0 Å². The molecule has 2 rings (SSSR count). The second-order valence-electron chi connectivity index (χ2n) is 3.17. The number of H-pyrrole nitrogens is 1. The molecule has 0 spiro atoms. The van der Waals surface area contributed by atoms with Gasteiger partial charge in [-0.05, 0) is 24.1 Å². The van der Waals surface area contributed by atoms with Gasteiger partial charge in [0.05, 0.1) is 17.6 Å². The lowest BCUT2D eigenvalue weighted by Gasteiger charge is -2.07. The Bertz CT molecular complexity index is 462. The maximum atomic E-state index is 6.10. The Balaban J connectivity index is 2.81. The predicted molar refractivity (Wildman–Crippen MR) is 59.2 cm³/mol. The average Bonchev–Trinajstić information content (AvgIpc) is 2.65. The molecule has 0 fully saturated rings. The number of benzene rings is 1. The summed E-state index contributed by atoms with van der Waals surface area (Å²) in [6.45, 7) is 2.12. The third-order valence-corrected chi connectivity index (χ3v) is 2.70. The molecule has 0 saturated carbocycles.